The summed E-state index contributed by atoms with van der Waals surface area (Å²) in [5.41, 5.74) is 1.38. The Labute approximate surface area is 116 Å². The molecule has 0 aromatic heterocycles. The predicted molar refractivity (Wildman–Crippen MR) is 80.3 cm³/mol. The molecule has 0 aliphatic carbocycles. The molecule has 0 aliphatic heterocycles. The molecule has 2 N–H and O–H groups in total. The zero-order chi connectivity index (χ0) is 13.9. The molecule has 0 radical (unpaired) electrons. The highest BCUT2D eigenvalue weighted by molar-refractivity contribution is 5.75. The Kier molecular flexibility index (Phi) is 7.91. The van der Waals surface area contributed by atoms with Crippen LogP contribution in [0.25, 0.3) is 0 Å². The predicted octanol–water partition coefficient (Wildman–Crippen LogP) is 2.69. The monoisotopic (exact) mass is 262 g/mol. The van der Waals surface area contributed by atoms with Gasteiger partial charge in [0.25, 0.3) is 0 Å². The number of hydrogen-bond acceptors (Lipinski definition) is 2. The highest BCUT2D eigenvalue weighted by atomic mass is 16.1. The van der Waals surface area contributed by atoms with E-state index >= 15 is 0 Å². The summed E-state index contributed by atoms with van der Waals surface area (Å²) >= 11 is 0. The molecule has 1 rings (SSSR count). The minimum Gasteiger partial charge on any atom is -0.356 e. The van der Waals surface area contributed by atoms with Crippen LogP contribution in [0.2, 0.25) is 0 Å². The molecule has 0 aliphatic rings. The van der Waals surface area contributed by atoms with Crippen LogP contribution < -0.4 is 10.6 Å². The van der Waals surface area contributed by atoms with E-state index in [1.807, 2.05) is 6.07 Å². The molecule has 106 valence electrons. The molecule has 1 atom stereocenters. The van der Waals surface area contributed by atoms with Crippen molar-refractivity contribution in [2.45, 2.75) is 39.0 Å². The number of nitrogens with one attached hydrogen (secondary N) is 2. The Hall–Kier alpha value is -1.35. The summed E-state index contributed by atoms with van der Waals surface area (Å²) in [7, 11) is 0. The Bertz CT molecular complexity index is 351. The Morgan fingerprint density at radius 3 is 2.58 bits per heavy atom. The highest BCUT2D eigenvalue weighted by Crippen LogP contribution is 2.17. The molecule has 3 nitrogen and oxygen atoms in total. The summed E-state index contributed by atoms with van der Waals surface area (Å²) in [5.74, 6) is 0.702. The van der Waals surface area contributed by atoms with Gasteiger partial charge in [0, 0.05) is 19.5 Å². The van der Waals surface area contributed by atoms with E-state index < -0.39 is 0 Å². The van der Waals surface area contributed by atoms with Crippen molar-refractivity contribution in [1.29, 1.82) is 0 Å². The van der Waals surface area contributed by atoms with E-state index in [2.05, 4.69) is 48.7 Å². The first kappa shape index (κ1) is 15.7. The van der Waals surface area contributed by atoms with E-state index in [4.69, 9.17) is 0 Å². The van der Waals surface area contributed by atoms with Crippen molar-refractivity contribution in [3.05, 3.63) is 35.9 Å². The lowest BCUT2D eigenvalue weighted by atomic mass is 9.98. The average molecular weight is 262 g/mol. The quantitative estimate of drug-likeness (QED) is 0.672. The zero-order valence-corrected chi connectivity index (χ0v) is 12.1. The third kappa shape index (κ3) is 6.97. The van der Waals surface area contributed by atoms with E-state index in [1.165, 1.54) is 5.56 Å². The Morgan fingerprint density at radius 1 is 1.16 bits per heavy atom. The fourth-order valence-corrected chi connectivity index (χ4v) is 1.95. The lowest BCUT2D eigenvalue weighted by Crippen LogP contribution is -2.28. The van der Waals surface area contributed by atoms with Gasteiger partial charge in [-0.3, -0.25) is 4.79 Å². The van der Waals surface area contributed by atoms with Gasteiger partial charge in [-0.2, -0.15) is 0 Å². The number of hydrogen-bond donors (Lipinski definition) is 2. The normalized spacial score (nSPS) is 12.1. The number of carbonyl (C=O) groups excluding carboxylic acids is 1. The molecule has 0 fully saturated rings. The van der Waals surface area contributed by atoms with Gasteiger partial charge >= 0.3 is 0 Å². The second-order valence-electron chi connectivity index (χ2n) is 4.95. The summed E-state index contributed by atoms with van der Waals surface area (Å²) in [4.78, 5) is 11.4. The summed E-state index contributed by atoms with van der Waals surface area (Å²) in [5, 5.41) is 6.21. The van der Waals surface area contributed by atoms with Crippen molar-refractivity contribution >= 4 is 5.91 Å². The van der Waals surface area contributed by atoms with Crippen LogP contribution in [-0.4, -0.2) is 25.5 Å². The van der Waals surface area contributed by atoms with Gasteiger partial charge in [0.1, 0.15) is 0 Å². The van der Waals surface area contributed by atoms with Crippen molar-refractivity contribution in [2.75, 3.05) is 19.6 Å². The van der Waals surface area contributed by atoms with Crippen molar-refractivity contribution in [3.63, 3.8) is 0 Å². The largest absolute Gasteiger partial charge is 0.356 e. The first-order chi connectivity index (χ1) is 9.24. The molecule has 1 aromatic rings. The van der Waals surface area contributed by atoms with E-state index in [-0.39, 0.29) is 5.91 Å². The average Bonchev–Trinajstić information content (AvgIpc) is 2.45. The molecular formula is C16H26N2O. The molecule has 1 unspecified atom stereocenters. The van der Waals surface area contributed by atoms with Gasteiger partial charge in [0.05, 0.1) is 0 Å². The second-order valence-corrected chi connectivity index (χ2v) is 4.95. The maximum absolute atomic E-state index is 11.4. The van der Waals surface area contributed by atoms with Gasteiger partial charge in [-0.25, -0.2) is 0 Å². The SMILES string of the molecule is CCCNC(=O)CCNCCC(C)c1ccccc1. The van der Waals surface area contributed by atoms with Crippen molar-refractivity contribution in [1.82, 2.24) is 10.6 Å². The highest BCUT2D eigenvalue weighted by Gasteiger charge is 2.04. The van der Waals surface area contributed by atoms with E-state index in [1.54, 1.807) is 0 Å². The molecule has 3 heteroatoms. The smallest absolute Gasteiger partial charge is 0.221 e. The third-order valence-electron chi connectivity index (χ3n) is 3.22. The molecule has 1 aromatic carbocycles. The van der Waals surface area contributed by atoms with Crippen LogP contribution in [0.15, 0.2) is 30.3 Å². The van der Waals surface area contributed by atoms with Gasteiger partial charge in [-0.05, 0) is 30.9 Å². The van der Waals surface area contributed by atoms with Crippen molar-refractivity contribution in [3.8, 4) is 0 Å². The summed E-state index contributed by atoms with van der Waals surface area (Å²) in [6, 6.07) is 10.5. The van der Waals surface area contributed by atoms with Crippen LogP contribution in [0.1, 0.15) is 44.6 Å². The number of carbonyl (C=O) groups is 1. The van der Waals surface area contributed by atoms with Crippen LogP contribution in [0.3, 0.4) is 0 Å². The zero-order valence-electron chi connectivity index (χ0n) is 12.1. The minimum absolute atomic E-state index is 0.144. The van der Waals surface area contributed by atoms with E-state index in [9.17, 15) is 4.79 Å². The lowest BCUT2D eigenvalue weighted by molar-refractivity contribution is -0.120. The van der Waals surface area contributed by atoms with Crippen LogP contribution in [0.5, 0.6) is 0 Å². The van der Waals surface area contributed by atoms with Crippen LogP contribution in [0, 0.1) is 0 Å². The van der Waals surface area contributed by atoms with Gasteiger partial charge in [-0.15, -0.1) is 0 Å². The summed E-state index contributed by atoms with van der Waals surface area (Å²) < 4.78 is 0. The maximum Gasteiger partial charge on any atom is 0.221 e. The summed E-state index contributed by atoms with van der Waals surface area (Å²) in [6.07, 6.45) is 2.66. The fraction of sp³-hybridized carbons (Fsp3) is 0.562. The third-order valence-corrected chi connectivity index (χ3v) is 3.22. The number of benzene rings is 1. The van der Waals surface area contributed by atoms with Crippen LogP contribution >= 0.6 is 0 Å². The topological polar surface area (TPSA) is 41.1 Å². The minimum atomic E-state index is 0.144. The van der Waals surface area contributed by atoms with E-state index in [0.717, 1.165) is 32.5 Å². The van der Waals surface area contributed by atoms with Crippen LogP contribution in [0.4, 0.5) is 0 Å². The molecule has 0 saturated heterocycles. The van der Waals surface area contributed by atoms with Gasteiger partial charge < -0.3 is 10.6 Å². The van der Waals surface area contributed by atoms with Crippen LogP contribution in [-0.2, 0) is 4.79 Å². The molecular weight excluding hydrogens is 236 g/mol. The number of amides is 1. The molecule has 1 amide bonds. The standard InChI is InChI=1S/C16H26N2O/c1-3-11-18-16(19)10-13-17-12-9-14(2)15-7-5-4-6-8-15/h4-8,14,17H,3,9-13H2,1-2H3,(H,18,19). The van der Waals surface area contributed by atoms with Crippen molar-refractivity contribution < 1.29 is 4.79 Å². The first-order valence-electron chi connectivity index (χ1n) is 7.26. The molecule has 0 heterocycles. The number of rotatable bonds is 9. The molecule has 19 heavy (non-hydrogen) atoms. The van der Waals surface area contributed by atoms with Gasteiger partial charge in [0.2, 0.25) is 5.91 Å². The maximum atomic E-state index is 11.4. The van der Waals surface area contributed by atoms with Crippen molar-refractivity contribution in [2.24, 2.45) is 0 Å². The lowest BCUT2D eigenvalue weighted by Gasteiger charge is -2.12. The first-order valence-corrected chi connectivity index (χ1v) is 7.26. The van der Waals surface area contributed by atoms with Gasteiger partial charge in [-0.1, -0.05) is 44.2 Å². The van der Waals surface area contributed by atoms with E-state index in [0.29, 0.717) is 12.3 Å². The molecule has 0 saturated carbocycles. The molecule has 0 spiro atoms. The second kappa shape index (κ2) is 9.56. The summed E-state index contributed by atoms with van der Waals surface area (Å²) in [6.45, 7) is 6.80. The van der Waals surface area contributed by atoms with Gasteiger partial charge in [0.15, 0.2) is 0 Å². The molecule has 0 bridgehead atoms. The fourth-order valence-electron chi connectivity index (χ4n) is 1.95. The Balaban J connectivity index is 2.06. The Morgan fingerprint density at radius 2 is 1.89 bits per heavy atom.